The van der Waals surface area contributed by atoms with Crippen LogP contribution in [0.4, 0.5) is 4.39 Å². The molecule has 0 aliphatic heterocycles. The molecule has 1 N–H and O–H groups in total. The van der Waals surface area contributed by atoms with Gasteiger partial charge in [0, 0.05) is 28.2 Å². The summed E-state index contributed by atoms with van der Waals surface area (Å²) in [6.45, 7) is 1.86. The quantitative estimate of drug-likeness (QED) is 0.819. The predicted octanol–water partition coefficient (Wildman–Crippen LogP) is 4.89. The Hall–Kier alpha value is -1.49. The number of Topliss-reactive ketones (excluding diaryl/α,β-unsaturated/α-hetero) is 1. The largest absolute Gasteiger partial charge is 0.387 e. The first-order valence-electron chi connectivity index (χ1n) is 8.13. The van der Waals surface area contributed by atoms with Crippen LogP contribution in [0.3, 0.4) is 0 Å². The van der Waals surface area contributed by atoms with E-state index in [0.717, 1.165) is 11.1 Å². The zero-order valence-electron chi connectivity index (χ0n) is 13.7. The first-order valence-corrected chi connectivity index (χ1v) is 8.88. The molecule has 1 aromatic carbocycles. The number of rotatable bonds is 4. The number of ketones is 1. The Balaban J connectivity index is 1.84. The molecule has 0 fully saturated rings. The maximum atomic E-state index is 15.5. The van der Waals surface area contributed by atoms with Crippen molar-refractivity contribution >= 4 is 29.0 Å². The molecule has 2 atom stereocenters. The third-order valence-electron chi connectivity index (χ3n) is 4.77. The van der Waals surface area contributed by atoms with E-state index in [1.165, 1.54) is 12.3 Å². The molecule has 1 heterocycles. The third kappa shape index (κ3) is 3.43. The highest BCUT2D eigenvalue weighted by Gasteiger charge is 2.45. The Morgan fingerprint density at radius 1 is 1.44 bits per heavy atom. The normalized spacial score (nSPS) is 22.5. The summed E-state index contributed by atoms with van der Waals surface area (Å²) in [5.41, 5.74) is -0.0112. The lowest BCUT2D eigenvalue weighted by Gasteiger charge is -2.32. The number of pyridine rings is 1. The smallest absolute Gasteiger partial charge is 0.195 e. The fourth-order valence-corrected chi connectivity index (χ4v) is 4.09. The minimum atomic E-state index is -2.12. The summed E-state index contributed by atoms with van der Waals surface area (Å²) in [6, 6.07) is 6.51. The zero-order chi connectivity index (χ0) is 18.2. The number of halogens is 3. The summed E-state index contributed by atoms with van der Waals surface area (Å²) < 4.78 is 15.5. The van der Waals surface area contributed by atoms with E-state index in [1.807, 2.05) is 6.92 Å². The fourth-order valence-electron chi connectivity index (χ4n) is 3.40. The second kappa shape index (κ2) is 7.02. The molecule has 3 rings (SSSR count). The van der Waals surface area contributed by atoms with E-state index in [4.69, 9.17) is 23.2 Å². The molecule has 2 aromatic rings. The Bertz CT molecular complexity index is 804. The third-order valence-corrected chi connectivity index (χ3v) is 5.33. The van der Waals surface area contributed by atoms with Crippen LogP contribution in [0, 0.1) is 6.92 Å². The number of fused-ring (bicyclic) bond motifs is 1. The Labute approximate surface area is 155 Å². The molecule has 1 aliphatic rings. The Kier molecular flexibility index (Phi) is 5.14. The van der Waals surface area contributed by atoms with E-state index < -0.39 is 17.6 Å². The van der Waals surface area contributed by atoms with Crippen LogP contribution in [0.25, 0.3) is 0 Å². The van der Waals surface area contributed by atoms with Crippen molar-refractivity contribution in [1.82, 2.24) is 4.98 Å². The number of benzene rings is 1. The number of aryl methyl sites for hydroxylation is 1. The maximum absolute atomic E-state index is 15.5. The molecule has 1 aromatic heterocycles. The van der Waals surface area contributed by atoms with Gasteiger partial charge >= 0.3 is 0 Å². The van der Waals surface area contributed by atoms with Crippen molar-refractivity contribution in [2.24, 2.45) is 0 Å². The average molecular weight is 382 g/mol. The van der Waals surface area contributed by atoms with Gasteiger partial charge in [0.25, 0.3) is 0 Å². The van der Waals surface area contributed by atoms with Crippen molar-refractivity contribution in [3.63, 3.8) is 0 Å². The topological polar surface area (TPSA) is 50.2 Å². The monoisotopic (exact) mass is 381 g/mol. The molecule has 1 aliphatic carbocycles. The van der Waals surface area contributed by atoms with Gasteiger partial charge < -0.3 is 5.11 Å². The summed E-state index contributed by atoms with van der Waals surface area (Å²) >= 11 is 12.2. The van der Waals surface area contributed by atoms with Gasteiger partial charge in [-0.3, -0.25) is 9.78 Å². The number of aliphatic hydroxyl groups excluding tert-OH is 1. The molecule has 3 nitrogen and oxygen atoms in total. The van der Waals surface area contributed by atoms with Gasteiger partial charge in [-0.1, -0.05) is 29.3 Å². The molecule has 0 amide bonds. The number of carbonyl (C=O) groups excluding carboxylic acids is 1. The highest BCUT2D eigenvalue weighted by atomic mass is 35.5. The van der Waals surface area contributed by atoms with Crippen LogP contribution < -0.4 is 0 Å². The SMILES string of the molecule is Cc1cc(Cl)cc(Cl)c1CCC(=O)[C@@]1(F)CC[C@@H](O)c2ncccc21. The summed E-state index contributed by atoms with van der Waals surface area (Å²) in [5, 5.41) is 11.0. The molecular formula is C19H18Cl2FNO2. The zero-order valence-corrected chi connectivity index (χ0v) is 15.2. The second-order valence-corrected chi connectivity index (χ2v) is 7.24. The molecule has 6 heteroatoms. The summed E-state index contributed by atoms with van der Waals surface area (Å²) in [5.74, 6) is -0.515. The Morgan fingerprint density at radius 2 is 2.20 bits per heavy atom. The van der Waals surface area contributed by atoms with Crippen LogP contribution in [0.2, 0.25) is 10.0 Å². The highest BCUT2D eigenvalue weighted by Crippen LogP contribution is 2.43. The number of hydrogen-bond acceptors (Lipinski definition) is 3. The first kappa shape index (κ1) is 18.3. The number of alkyl halides is 1. The van der Waals surface area contributed by atoms with Crippen molar-refractivity contribution in [3.8, 4) is 0 Å². The van der Waals surface area contributed by atoms with Gasteiger partial charge in [-0.25, -0.2) is 4.39 Å². The van der Waals surface area contributed by atoms with E-state index >= 15 is 4.39 Å². The lowest BCUT2D eigenvalue weighted by Crippen LogP contribution is -2.37. The van der Waals surface area contributed by atoms with Crippen LogP contribution in [-0.4, -0.2) is 15.9 Å². The van der Waals surface area contributed by atoms with Gasteiger partial charge in [0.15, 0.2) is 11.5 Å². The molecule has 0 spiro atoms. The number of hydrogen-bond donors (Lipinski definition) is 1. The summed E-state index contributed by atoms with van der Waals surface area (Å²) in [7, 11) is 0. The van der Waals surface area contributed by atoms with Gasteiger partial charge in [-0.2, -0.15) is 0 Å². The van der Waals surface area contributed by atoms with E-state index in [0.29, 0.717) is 16.5 Å². The molecule has 0 saturated carbocycles. The number of carbonyl (C=O) groups is 1. The summed E-state index contributed by atoms with van der Waals surface area (Å²) in [4.78, 5) is 16.8. The van der Waals surface area contributed by atoms with Gasteiger partial charge in [-0.05, 0) is 55.5 Å². The van der Waals surface area contributed by atoms with Crippen LogP contribution >= 0.6 is 23.2 Å². The van der Waals surface area contributed by atoms with E-state index in [1.54, 1.807) is 18.2 Å². The number of nitrogens with zero attached hydrogens (tertiary/aromatic N) is 1. The molecule has 0 saturated heterocycles. The van der Waals surface area contributed by atoms with E-state index in [9.17, 15) is 9.90 Å². The van der Waals surface area contributed by atoms with Gasteiger partial charge in [0.2, 0.25) is 0 Å². The van der Waals surface area contributed by atoms with E-state index in [2.05, 4.69) is 4.98 Å². The highest BCUT2D eigenvalue weighted by molar-refractivity contribution is 6.35. The standard InChI is InChI=1S/C19H18Cl2FNO2/c1-11-9-12(20)10-15(21)13(11)4-5-17(25)19(22)7-6-16(24)18-14(19)3-2-8-23-18/h2-3,8-10,16,24H,4-7H2,1H3/t16-,19-/m1/s1. The van der Waals surface area contributed by atoms with Crippen molar-refractivity contribution in [1.29, 1.82) is 0 Å². The van der Waals surface area contributed by atoms with Crippen LogP contribution in [-0.2, 0) is 16.9 Å². The fraction of sp³-hybridized carbons (Fsp3) is 0.368. The number of aromatic nitrogens is 1. The van der Waals surface area contributed by atoms with Crippen molar-refractivity contribution < 1.29 is 14.3 Å². The van der Waals surface area contributed by atoms with Gasteiger partial charge in [0.05, 0.1) is 11.8 Å². The summed E-state index contributed by atoms with van der Waals surface area (Å²) in [6.07, 6.45) is 1.15. The lowest BCUT2D eigenvalue weighted by molar-refractivity contribution is -0.133. The lowest BCUT2D eigenvalue weighted by atomic mass is 9.77. The molecule has 0 radical (unpaired) electrons. The van der Waals surface area contributed by atoms with Crippen LogP contribution in [0.5, 0.6) is 0 Å². The first-order chi connectivity index (χ1) is 11.8. The minimum Gasteiger partial charge on any atom is -0.387 e. The number of aliphatic hydroxyl groups is 1. The van der Waals surface area contributed by atoms with Crippen molar-refractivity contribution in [2.45, 2.75) is 44.4 Å². The molecule has 0 unspecified atom stereocenters. The predicted molar refractivity (Wildman–Crippen MR) is 95.7 cm³/mol. The molecular weight excluding hydrogens is 364 g/mol. The molecule has 0 bridgehead atoms. The van der Waals surface area contributed by atoms with Gasteiger partial charge in [0.1, 0.15) is 0 Å². The van der Waals surface area contributed by atoms with Crippen LogP contribution in [0.15, 0.2) is 30.5 Å². The molecule has 132 valence electrons. The van der Waals surface area contributed by atoms with Crippen LogP contribution in [0.1, 0.15) is 47.8 Å². The average Bonchev–Trinajstić information content (AvgIpc) is 2.57. The maximum Gasteiger partial charge on any atom is 0.195 e. The minimum absolute atomic E-state index is 0.0170. The van der Waals surface area contributed by atoms with E-state index in [-0.39, 0.29) is 30.5 Å². The molecule has 25 heavy (non-hydrogen) atoms. The second-order valence-electron chi connectivity index (χ2n) is 6.40. The van der Waals surface area contributed by atoms with Crippen molar-refractivity contribution in [3.05, 3.63) is 62.9 Å². The van der Waals surface area contributed by atoms with Crippen molar-refractivity contribution in [2.75, 3.05) is 0 Å². The van der Waals surface area contributed by atoms with Gasteiger partial charge in [-0.15, -0.1) is 0 Å². The Morgan fingerprint density at radius 3 is 2.92 bits per heavy atom.